The van der Waals surface area contributed by atoms with E-state index in [-0.39, 0.29) is 10.6 Å². The van der Waals surface area contributed by atoms with Crippen LogP contribution in [-0.4, -0.2) is 13.0 Å². The number of benzene rings is 1. The molecule has 0 unspecified atom stereocenters. The van der Waals surface area contributed by atoms with Crippen LogP contribution in [0.3, 0.4) is 0 Å². The van der Waals surface area contributed by atoms with Crippen LogP contribution in [-0.2, 0) is 0 Å². The third-order valence-electron chi connectivity index (χ3n) is 1.72. The molecule has 0 atom stereocenters. The van der Waals surface area contributed by atoms with Gasteiger partial charge < -0.3 is 10.4 Å². The molecule has 81 valence electrons. The summed E-state index contributed by atoms with van der Waals surface area (Å²) in [6.07, 6.45) is 0.581. The highest BCUT2D eigenvalue weighted by molar-refractivity contribution is 6.31. The standard InChI is InChI=1S/C10H13BClFNO/c1-10(2,14)6-11-15-7-3-4-8(12)9(13)5-7/h3-5H,6,14H2,1-2H3. The summed E-state index contributed by atoms with van der Waals surface area (Å²) in [6, 6.07) is 4.29. The normalized spacial score (nSPS) is 11.3. The van der Waals surface area contributed by atoms with Crippen molar-refractivity contribution in [1.82, 2.24) is 0 Å². The van der Waals surface area contributed by atoms with Gasteiger partial charge in [0.2, 0.25) is 0 Å². The van der Waals surface area contributed by atoms with Crippen molar-refractivity contribution in [3.05, 3.63) is 29.0 Å². The summed E-state index contributed by atoms with van der Waals surface area (Å²) in [7, 11) is 1.56. The van der Waals surface area contributed by atoms with E-state index in [0.717, 1.165) is 0 Å². The van der Waals surface area contributed by atoms with Gasteiger partial charge in [-0.1, -0.05) is 11.6 Å². The quantitative estimate of drug-likeness (QED) is 0.804. The topological polar surface area (TPSA) is 35.2 Å². The highest BCUT2D eigenvalue weighted by Crippen LogP contribution is 2.20. The third kappa shape index (κ3) is 4.54. The van der Waals surface area contributed by atoms with Crippen molar-refractivity contribution >= 4 is 19.1 Å². The van der Waals surface area contributed by atoms with Gasteiger partial charge in [-0.3, -0.25) is 0 Å². The van der Waals surface area contributed by atoms with Crippen molar-refractivity contribution in [1.29, 1.82) is 0 Å². The van der Waals surface area contributed by atoms with E-state index in [1.54, 1.807) is 13.5 Å². The summed E-state index contributed by atoms with van der Waals surface area (Å²) in [5.74, 6) is -0.0734. The van der Waals surface area contributed by atoms with E-state index in [1.165, 1.54) is 12.1 Å². The van der Waals surface area contributed by atoms with Crippen molar-refractivity contribution in [3.63, 3.8) is 0 Å². The molecular formula is C10H13BClFNO. The molecule has 1 aromatic carbocycles. The van der Waals surface area contributed by atoms with Crippen LogP contribution < -0.4 is 10.4 Å². The van der Waals surface area contributed by atoms with Crippen molar-refractivity contribution in [2.45, 2.75) is 25.7 Å². The number of rotatable bonds is 4. The molecule has 0 heterocycles. The van der Waals surface area contributed by atoms with Gasteiger partial charge in [-0.2, -0.15) is 0 Å². The predicted molar refractivity (Wildman–Crippen MR) is 60.9 cm³/mol. The maximum atomic E-state index is 13.0. The predicted octanol–water partition coefficient (Wildman–Crippen LogP) is 2.63. The maximum absolute atomic E-state index is 13.0. The zero-order valence-electron chi connectivity index (χ0n) is 8.76. The Morgan fingerprint density at radius 1 is 1.53 bits per heavy atom. The molecule has 0 aromatic heterocycles. The highest BCUT2D eigenvalue weighted by atomic mass is 35.5. The van der Waals surface area contributed by atoms with Crippen LogP contribution >= 0.6 is 11.6 Å². The summed E-state index contributed by atoms with van der Waals surface area (Å²) in [4.78, 5) is 0. The molecule has 0 spiro atoms. The van der Waals surface area contributed by atoms with Crippen molar-refractivity contribution in [2.75, 3.05) is 0 Å². The summed E-state index contributed by atoms with van der Waals surface area (Å²) in [5.41, 5.74) is 5.42. The fourth-order valence-corrected chi connectivity index (χ4v) is 1.02. The Morgan fingerprint density at radius 2 is 2.20 bits per heavy atom. The van der Waals surface area contributed by atoms with Crippen molar-refractivity contribution in [2.24, 2.45) is 5.73 Å². The van der Waals surface area contributed by atoms with Gasteiger partial charge in [-0.15, -0.1) is 0 Å². The molecule has 0 aliphatic carbocycles. The summed E-state index contributed by atoms with van der Waals surface area (Å²) in [5, 5.41) is 0.0847. The maximum Gasteiger partial charge on any atom is 0.371 e. The van der Waals surface area contributed by atoms with E-state index >= 15 is 0 Å². The van der Waals surface area contributed by atoms with Crippen LogP contribution in [0.15, 0.2) is 18.2 Å². The van der Waals surface area contributed by atoms with Crippen LogP contribution in [0.2, 0.25) is 11.3 Å². The van der Waals surface area contributed by atoms with Gasteiger partial charge in [-0.25, -0.2) is 4.39 Å². The number of hydrogen-bond donors (Lipinski definition) is 1. The SMILES string of the molecule is CC(C)(N)C[B]Oc1ccc(Cl)c(F)c1. The number of hydrogen-bond acceptors (Lipinski definition) is 2. The Hall–Kier alpha value is -0.735. The molecule has 0 saturated carbocycles. The van der Waals surface area contributed by atoms with Gasteiger partial charge in [-0.05, 0) is 32.3 Å². The van der Waals surface area contributed by atoms with Crippen LogP contribution in [0.1, 0.15) is 13.8 Å². The molecule has 0 saturated heterocycles. The monoisotopic (exact) mass is 228 g/mol. The van der Waals surface area contributed by atoms with Gasteiger partial charge in [0.15, 0.2) is 0 Å². The van der Waals surface area contributed by atoms with Crippen molar-refractivity contribution < 1.29 is 9.04 Å². The van der Waals surface area contributed by atoms with Gasteiger partial charge in [0.1, 0.15) is 11.6 Å². The molecule has 0 bridgehead atoms. The van der Waals surface area contributed by atoms with E-state index in [9.17, 15) is 4.39 Å². The summed E-state index contributed by atoms with van der Waals surface area (Å²) in [6.45, 7) is 3.77. The average molecular weight is 228 g/mol. The van der Waals surface area contributed by atoms with Crippen LogP contribution in [0.5, 0.6) is 5.75 Å². The fraction of sp³-hybridized carbons (Fsp3) is 0.400. The molecule has 15 heavy (non-hydrogen) atoms. The van der Waals surface area contributed by atoms with E-state index in [2.05, 4.69) is 0 Å². The summed E-state index contributed by atoms with van der Waals surface area (Å²) >= 11 is 5.53. The molecule has 1 aromatic rings. The van der Waals surface area contributed by atoms with Gasteiger partial charge in [0, 0.05) is 11.6 Å². The Bertz CT molecular complexity index is 341. The van der Waals surface area contributed by atoms with Gasteiger partial charge in [0.05, 0.1) is 5.02 Å². The minimum absolute atomic E-state index is 0.0847. The largest absolute Gasteiger partial charge is 0.563 e. The lowest BCUT2D eigenvalue weighted by molar-refractivity contribution is 0.525. The molecule has 5 heteroatoms. The highest BCUT2D eigenvalue weighted by Gasteiger charge is 2.12. The molecule has 0 aliphatic heterocycles. The fourth-order valence-electron chi connectivity index (χ4n) is 0.903. The van der Waals surface area contributed by atoms with Crippen molar-refractivity contribution in [3.8, 4) is 5.75 Å². The van der Waals surface area contributed by atoms with E-state index in [1.807, 2.05) is 13.8 Å². The minimum atomic E-state index is -0.491. The molecule has 0 fully saturated rings. The number of nitrogens with two attached hydrogens (primary N) is 1. The Kier molecular flexibility index (Phi) is 4.00. The lowest BCUT2D eigenvalue weighted by atomic mass is 9.82. The lowest BCUT2D eigenvalue weighted by Gasteiger charge is -2.17. The average Bonchev–Trinajstić information content (AvgIpc) is 2.09. The number of halogens is 2. The first-order valence-electron chi connectivity index (χ1n) is 4.61. The first-order valence-corrected chi connectivity index (χ1v) is 4.98. The van der Waals surface area contributed by atoms with Crippen LogP contribution in [0.4, 0.5) is 4.39 Å². The molecule has 1 radical (unpaired) electrons. The molecule has 0 amide bonds. The smallest absolute Gasteiger partial charge is 0.371 e. The van der Waals surface area contributed by atoms with E-state index in [4.69, 9.17) is 22.0 Å². The zero-order valence-corrected chi connectivity index (χ0v) is 9.51. The second-order valence-corrected chi connectivity index (χ2v) is 4.46. The Morgan fingerprint density at radius 3 is 2.73 bits per heavy atom. The molecule has 1 rings (SSSR count). The van der Waals surface area contributed by atoms with E-state index < -0.39 is 5.82 Å². The van der Waals surface area contributed by atoms with Gasteiger partial charge in [0.25, 0.3) is 0 Å². The Balaban J connectivity index is 2.48. The first kappa shape index (κ1) is 12.3. The lowest BCUT2D eigenvalue weighted by Crippen LogP contribution is -2.34. The van der Waals surface area contributed by atoms with Gasteiger partial charge >= 0.3 is 7.48 Å². The third-order valence-corrected chi connectivity index (χ3v) is 2.03. The molecule has 2 nitrogen and oxygen atoms in total. The molecule has 2 N–H and O–H groups in total. The van der Waals surface area contributed by atoms with E-state index in [0.29, 0.717) is 12.1 Å². The first-order chi connectivity index (χ1) is 6.88. The molecular weight excluding hydrogens is 215 g/mol. The second-order valence-electron chi connectivity index (χ2n) is 4.05. The second kappa shape index (κ2) is 4.86. The van der Waals surface area contributed by atoms with Crippen LogP contribution in [0, 0.1) is 5.82 Å². The molecule has 0 aliphatic rings. The Labute approximate surface area is 94.8 Å². The minimum Gasteiger partial charge on any atom is -0.563 e. The summed E-state index contributed by atoms with van der Waals surface area (Å²) < 4.78 is 18.2. The van der Waals surface area contributed by atoms with Crippen LogP contribution in [0.25, 0.3) is 0 Å². The zero-order chi connectivity index (χ0) is 11.5.